The van der Waals surface area contributed by atoms with E-state index in [0.29, 0.717) is 24.5 Å². The number of fused-ring (bicyclic) bond motifs is 1. The summed E-state index contributed by atoms with van der Waals surface area (Å²) in [5.74, 6) is -0.497. The van der Waals surface area contributed by atoms with Crippen molar-refractivity contribution in [3.05, 3.63) is 62.9 Å². The molecule has 2 N–H and O–H groups in total. The second kappa shape index (κ2) is 6.89. The summed E-state index contributed by atoms with van der Waals surface area (Å²) in [6.07, 6.45) is 0. The van der Waals surface area contributed by atoms with Gasteiger partial charge < -0.3 is 10.6 Å². The third-order valence-corrected chi connectivity index (χ3v) is 4.81. The van der Waals surface area contributed by atoms with Crippen molar-refractivity contribution in [2.24, 2.45) is 14.1 Å². The monoisotopic (exact) mass is 394 g/mol. The van der Waals surface area contributed by atoms with Crippen molar-refractivity contribution >= 4 is 34.3 Å². The minimum absolute atomic E-state index is 0.0603. The van der Waals surface area contributed by atoms with Crippen molar-refractivity contribution in [2.75, 3.05) is 23.3 Å². The fourth-order valence-electron chi connectivity index (χ4n) is 3.25. The SMILES string of the molecule is Cn1c(=O)c2ccc(C(=O)Nc3cccc(N4CCNC4=O)c3)nc2n(C)c1=O. The van der Waals surface area contributed by atoms with Gasteiger partial charge in [-0.2, -0.15) is 0 Å². The van der Waals surface area contributed by atoms with Crippen LogP contribution in [0.5, 0.6) is 0 Å². The van der Waals surface area contributed by atoms with E-state index in [1.807, 2.05) is 0 Å². The number of anilines is 2. The first kappa shape index (κ1) is 18.4. The first-order chi connectivity index (χ1) is 13.9. The van der Waals surface area contributed by atoms with Gasteiger partial charge in [0.25, 0.3) is 11.5 Å². The highest BCUT2D eigenvalue weighted by Crippen LogP contribution is 2.21. The van der Waals surface area contributed by atoms with Crippen LogP contribution in [0.2, 0.25) is 0 Å². The highest BCUT2D eigenvalue weighted by Gasteiger charge is 2.21. The first-order valence-corrected chi connectivity index (χ1v) is 8.90. The minimum Gasteiger partial charge on any atom is -0.336 e. The molecule has 0 spiro atoms. The molecule has 29 heavy (non-hydrogen) atoms. The predicted octanol–water partition coefficient (Wildman–Crippen LogP) is 0.414. The van der Waals surface area contributed by atoms with Crippen LogP contribution < -0.4 is 26.8 Å². The van der Waals surface area contributed by atoms with Crippen LogP contribution in [0.1, 0.15) is 10.5 Å². The van der Waals surface area contributed by atoms with Gasteiger partial charge in [0, 0.05) is 38.6 Å². The number of nitrogens with one attached hydrogen (secondary N) is 2. The van der Waals surface area contributed by atoms with Crippen molar-refractivity contribution in [3.63, 3.8) is 0 Å². The Kier molecular flexibility index (Phi) is 4.38. The molecule has 0 unspecified atom stereocenters. The summed E-state index contributed by atoms with van der Waals surface area (Å²) in [4.78, 5) is 54.6. The fraction of sp³-hybridized carbons (Fsp3) is 0.211. The van der Waals surface area contributed by atoms with E-state index in [2.05, 4.69) is 15.6 Å². The first-order valence-electron chi connectivity index (χ1n) is 8.90. The summed E-state index contributed by atoms with van der Waals surface area (Å²) in [6.45, 7) is 1.11. The lowest BCUT2D eigenvalue weighted by Crippen LogP contribution is -2.37. The smallest absolute Gasteiger partial charge is 0.332 e. The van der Waals surface area contributed by atoms with Gasteiger partial charge in [0.15, 0.2) is 0 Å². The van der Waals surface area contributed by atoms with E-state index in [9.17, 15) is 19.2 Å². The highest BCUT2D eigenvalue weighted by molar-refractivity contribution is 6.04. The van der Waals surface area contributed by atoms with Gasteiger partial charge in [-0.25, -0.2) is 14.6 Å². The van der Waals surface area contributed by atoms with E-state index in [4.69, 9.17) is 0 Å². The van der Waals surface area contributed by atoms with Gasteiger partial charge in [-0.3, -0.25) is 23.6 Å². The molecule has 4 rings (SSSR count). The number of aromatic nitrogens is 3. The number of pyridine rings is 1. The summed E-state index contributed by atoms with van der Waals surface area (Å²) in [5, 5.41) is 5.70. The maximum atomic E-state index is 12.7. The van der Waals surface area contributed by atoms with Crippen LogP contribution in [-0.4, -0.2) is 39.1 Å². The van der Waals surface area contributed by atoms with Crippen LogP contribution in [0.15, 0.2) is 46.0 Å². The van der Waals surface area contributed by atoms with Crippen molar-refractivity contribution < 1.29 is 9.59 Å². The fourth-order valence-corrected chi connectivity index (χ4v) is 3.25. The van der Waals surface area contributed by atoms with Crippen LogP contribution in [0.3, 0.4) is 0 Å². The Bertz CT molecular complexity index is 1280. The molecule has 0 saturated carbocycles. The molecular formula is C19H18N6O4. The number of hydrogen-bond donors (Lipinski definition) is 2. The second-order valence-corrected chi connectivity index (χ2v) is 6.66. The van der Waals surface area contributed by atoms with E-state index in [1.54, 1.807) is 29.2 Å². The molecule has 10 heteroatoms. The molecule has 148 valence electrons. The summed E-state index contributed by atoms with van der Waals surface area (Å²) in [6, 6.07) is 9.62. The van der Waals surface area contributed by atoms with E-state index in [0.717, 1.165) is 4.57 Å². The predicted molar refractivity (Wildman–Crippen MR) is 107 cm³/mol. The van der Waals surface area contributed by atoms with Crippen molar-refractivity contribution in [1.82, 2.24) is 19.4 Å². The van der Waals surface area contributed by atoms with Crippen molar-refractivity contribution in [1.29, 1.82) is 0 Å². The number of carbonyl (C=O) groups is 2. The van der Waals surface area contributed by atoms with Crippen LogP contribution in [0.4, 0.5) is 16.2 Å². The van der Waals surface area contributed by atoms with E-state index in [1.165, 1.54) is 30.8 Å². The van der Waals surface area contributed by atoms with Gasteiger partial charge in [-0.15, -0.1) is 0 Å². The minimum atomic E-state index is -0.524. The molecule has 3 heterocycles. The molecule has 3 aromatic rings. The molecule has 10 nitrogen and oxygen atoms in total. The standard InChI is InChI=1S/C19H18N6O4/c1-23-15-13(17(27)24(2)19(23)29)6-7-14(22-15)16(26)21-11-4-3-5-12(10-11)25-9-8-20-18(25)28/h3-7,10H,8-9H2,1-2H3,(H,20,28)(H,21,26). The van der Waals surface area contributed by atoms with Crippen molar-refractivity contribution in [3.8, 4) is 0 Å². The lowest BCUT2D eigenvalue weighted by molar-refractivity contribution is 0.102. The molecule has 1 aromatic carbocycles. The largest absolute Gasteiger partial charge is 0.336 e. The number of rotatable bonds is 3. The maximum Gasteiger partial charge on any atom is 0.332 e. The van der Waals surface area contributed by atoms with E-state index >= 15 is 0 Å². The molecule has 1 fully saturated rings. The molecule has 1 aliphatic heterocycles. The Morgan fingerprint density at radius 2 is 1.90 bits per heavy atom. The molecule has 0 radical (unpaired) electrons. The van der Waals surface area contributed by atoms with Crippen LogP contribution in [0.25, 0.3) is 11.0 Å². The Morgan fingerprint density at radius 3 is 2.62 bits per heavy atom. The number of amides is 3. The van der Waals surface area contributed by atoms with Gasteiger partial charge in [-0.05, 0) is 30.3 Å². The highest BCUT2D eigenvalue weighted by atomic mass is 16.2. The van der Waals surface area contributed by atoms with Gasteiger partial charge in [0.05, 0.1) is 5.39 Å². The van der Waals surface area contributed by atoms with Crippen LogP contribution >= 0.6 is 0 Å². The number of urea groups is 1. The number of nitrogens with zero attached hydrogens (tertiary/aromatic N) is 4. The normalized spacial score (nSPS) is 13.6. The third kappa shape index (κ3) is 3.14. The molecule has 1 saturated heterocycles. The topological polar surface area (TPSA) is 118 Å². The molecule has 2 aromatic heterocycles. The average molecular weight is 394 g/mol. The number of carbonyl (C=O) groups excluding carboxylic acids is 2. The Morgan fingerprint density at radius 1 is 1.10 bits per heavy atom. The molecular weight excluding hydrogens is 376 g/mol. The van der Waals surface area contributed by atoms with Gasteiger partial charge in [0.1, 0.15) is 11.3 Å². The molecule has 1 aliphatic rings. The number of aryl methyl sites for hydroxylation is 1. The summed E-state index contributed by atoms with van der Waals surface area (Å²) in [7, 11) is 2.88. The van der Waals surface area contributed by atoms with Crippen molar-refractivity contribution in [2.45, 2.75) is 0 Å². The summed E-state index contributed by atoms with van der Waals surface area (Å²) < 4.78 is 2.21. The summed E-state index contributed by atoms with van der Waals surface area (Å²) >= 11 is 0. The zero-order chi connectivity index (χ0) is 20.7. The third-order valence-electron chi connectivity index (χ3n) is 4.81. The average Bonchev–Trinajstić information content (AvgIpc) is 3.16. The molecule has 0 aliphatic carbocycles. The summed E-state index contributed by atoms with van der Waals surface area (Å²) in [5.41, 5.74) is 0.351. The Labute approximate surface area is 164 Å². The second-order valence-electron chi connectivity index (χ2n) is 6.66. The number of benzene rings is 1. The lowest BCUT2D eigenvalue weighted by atomic mass is 10.2. The van der Waals surface area contributed by atoms with E-state index < -0.39 is 17.2 Å². The molecule has 0 atom stereocenters. The van der Waals surface area contributed by atoms with Gasteiger partial charge in [0.2, 0.25) is 0 Å². The zero-order valence-electron chi connectivity index (χ0n) is 15.8. The lowest BCUT2D eigenvalue weighted by Gasteiger charge is -2.15. The Hall–Kier alpha value is -3.95. The maximum absolute atomic E-state index is 12.7. The molecule has 3 amide bonds. The Balaban J connectivity index is 1.66. The van der Waals surface area contributed by atoms with Crippen LogP contribution in [-0.2, 0) is 14.1 Å². The molecule has 0 bridgehead atoms. The van der Waals surface area contributed by atoms with E-state index in [-0.39, 0.29) is 22.8 Å². The van der Waals surface area contributed by atoms with Gasteiger partial charge >= 0.3 is 11.7 Å². The zero-order valence-corrected chi connectivity index (χ0v) is 15.8. The quantitative estimate of drug-likeness (QED) is 0.667. The van der Waals surface area contributed by atoms with Gasteiger partial charge in [-0.1, -0.05) is 6.07 Å². The van der Waals surface area contributed by atoms with Crippen LogP contribution in [0, 0.1) is 0 Å². The number of hydrogen-bond acceptors (Lipinski definition) is 5.